The lowest BCUT2D eigenvalue weighted by atomic mass is 9.74. The molecule has 0 amide bonds. The number of sulfonamides is 2. The van der Waals surface area contributed by atoms with E-state index in [4.69, 9.17) is 4.74 Å². The molecule has 0 unspecified atom stereocenters. The van der Waals surface area contributed by atoms with Gasteiger partial charge in [0.2, 0.25) is 25.9 Å². The van der Waals surface area contributed by atoms with Gasteiger partial charge in [-0.25, -0.2) is 21.1 Å². The predicted molar refractivity (Wildman–Crippen MR) is 132 cm³/mol. The minimum Gasteiger partial charge on any atom is -0.436 e. The van der Waals surface area contributed by atoms with E-state index in [0.717, 1.165) is 35.8 Å². The highest BCUT2D eigenvalue weighted by molar-refractivity contribution is 7.92. The normalized spacial score (nSPS) is 20.1. The summed E-state index contributed by atoms with van der Waals surface area (Å²) in [5, 5.41) is -0.175. The molecule has 1 aliphatic carbocycles. The first-order chi connectivity index (χ1) is 15.9. The van der Waals surface area contributed by atoms with Crippen LogP contribution in [0.2, 0.25) is 0 Å². The Labute approximate surface area is 201 Å². The van der Waals surface area contributed by atoms with Crippen molar-refractivity contribution in [3.05, 3.63) is 41.0 Å². The van der Waals surface area contributed by atoms with Crippen LogP contribution in [0.5, 0.6) is 11.6 Å². The molecule has 0 radical (unpaired) electrons. The van der Waals surface area contributed by atoms with Crippen LogP contribution in [0.4, 0.5) is 11.5 Å². The van der Waals surface area contributed by atoms with Crippen LogP contribution in [0.3, 0.4) is 0 Å². The fourth-order valence-electron chi connectivity index (χ4n) is 4.97. The molecule has 1 aromatic heterocycles. The maximum atomic E-state index is 12.4. The fraction of sp³-hybridized carbons (Fsp3) is 0.522. The van der Waals surface area contributed by atoms with Crippen molar-refractivity contribution in [2.24, 2.45) is 5.41 Å². The summed E-state index contributed by atoms with van der Waals surface area (Å²) < 4.78 is 58.9. The quantitative estimate of drug-likeness (QED) is 0.615. The van der Waals surface area contributed by atoms with Crippen molar-refractivity contribution in [2.75, 3.05) is 42.1 Å². The van der Waals surface area contributed by atoms with Crippen LogP contribution >= 0.6 is 0 Å². The first kappa shape index (κ1) is 23.4. The summed E-state index contributed by atoms with van der Waals surface area (Å²) in [6.07, 6.45) is 2.64. The summed E-state index contributed by atoms with van der Waals surface area (Å²) in [6, 6.07) is 7.44. The van der Waals surface area contributed by atoms with Gasteiger partial charge >= 0.3 is 0 Å². The third-order valence-corrected chi connectivity index (χ3v) is 9.53. The molecule has 2 aromatic rings. The van der Waals surface area contributed by atoms with Crippen LogP contribution in [-0.4, -0.2) is 63.8 Å². The first-order valence-electron chi connectivity index (χ1n) is 11.3. The van der Waals surface area contributed by atoms with Gasteiger partial charge in [0.25, 0.3) is 0 Å². The van der Waals surface area contributed by atoms with Crippen LogP contribution in [0, 0.1) is 26.2 Å². The summed E-state index contributed by atoms with van der Waals surface area (Å²) in [5.74, 6) is 1.50. The summed E-state index contributed by atoms with van der Waals surface area (Å²) in [4.78, 5) is 6.73. The van der Waals surface area contributed by atoms with E-state index in [9.17, 15) is 16.8 Å². The van der Waals surface area contributed by atoms with Crippen LogP contribution < -0.4 is 14.4 Å². The van der Waals surface area contributed by atoms with Gasteiger partial charge in [0, 0.05) is 31.6 Å². The smallest absolute Gasteiger partial charge is 0.245 e. The van der Waals surface area contributed by atoms with E-state index in [1.165, 1.54) is 0 Å². The van der Waals surface area contributed by atoms with Crippen LogP contribution in [0.1, 0.15) is 29.5 Å². The molecule has 2 aliphatic heterocycles. The monoisotopic (exact) mass is 506 g/mol. The molecule has 2 saturated heterocycles. The average molecular weight is 507 g/mol. The van der Waals surface area contributed by atoms with Crippen molar-refractivity contribution >= 4 is 31.6 Å². The number of aromatic nitrogens is 1. The third-order valence-electron chi connectivity index (χ3n) is 6.65. The van der Waals surface area contributed by atoms with Crippen molar-refractivity contribution in [1.29, 1.82) is 0 Å². The average Bonchev–Trinajstić information content (AvgIpc) is 3.48. The highest BCUT2D eigenvalue weighted by Gasteiger charge is 2.57. The van der Waals surface area contributed by atoms with E-state index in [-0.39, 0.29) is 22.2 Å². The Morgan fingerprint density at radius 1 is 1.00 bits per heavy atom. The molecule has 3 aliphatic rings. The SMILES string of the molecule is Cc1cc(C)c(Oc2nc(N3CC4(C3)CN(S(=O)(=O)C3CC3)C4)ccc2NS(C)(=O)=O)c(C)c1. The number of hydrogen-bond donors (Lipinski definition) is 1. The molecule has 3 heterocycles. The van der Waals surface area contributed by atoms with E-state index in [0.29, 0.717) is 37.7 Å². The van der Waals surface area contributed by atoms with Crippen molar-refractivity contribution in [2.45, 2.75) is 38.9 Å². The summed E-state index contributed by atoms with van der Waals surface area (Å²) in [7, 11) is -6.65. The predicted octanol–water partition coefficient (Wildman–Crippen LogP) is 2.78. The highest BCUT2D eigenvalue weighted by Crippen LogP contribution is 2.46. The van der Waals surface area contributed by atoms with Gasteiger partial charge in [-0.05, 0) is 56.9 Å². The molecule has 1 saturated carbocycles. The maximum absolute atomic E-state index is 12.4. The van der Waals surface area contributed by atoms with E-state index in [1.807, 2.05) is 32.9 Å². The molecular weight excluding hydrogens is 476 g/mol. The Hall–Kier alpha value is -2.37. The Bertz CT molecular complexity index is 1330. The molecule has 1 N–H and O–H groups in total. The van der Waals surface area contributed by atoms with E-state index in [2.05, 4.69) is 14.6 Å². The minimum atomic E-state index is -3.53. The molecule has 0 bridgehead atoms. The van der Waals surface area contributed by atoms with E-state index >= 15 is 0 Å². The number of pyridine rings is 1. The number of ether oxygens (including phenoxy) is 1. The number of anilines is 2. The lowest BCUT2D eigenvalue weighted by Crippen LogP contribution is -2.73. The standard InChI is InChI=1S/C23H30N4O5S2/c1-15-9-16(2)21(17(3)10-15)32-22-19(25-33(4,28)29)7-8-20(24-22)26-11-23(12-26)13-27(14-23)34(30,31)18-5-6-18/h7-10,18,25H,5-6,11-14H2,1-4H3. The molecule has 11 heteroatoms. The van der Waals surface area contributed by atoms with Gasteiger partial charge < -0.3 is 9.64 Å². The van der Waals surface area contributed by atoms with E-state index in [1.54, 1.807) is 16.4 Å². The summed E-state index contributed by atoms with van der Waals surface area (Å²) in [6.45, 7) is 8.42. The lowest BCUT2D eigenvalue weighted by molar-refractivity contribution is 0.0388. The molecule has 1 aromatic carbocycles. The van der Waals surface area contributed by atoms with Gasteiger partial charge in [-0.15, -0.1) is 0 Å². The zero-order chi connectivity index (χ0) is 24.5. The summed E-state index contributed by atoms with van der Waals surface area (Å²) >= 11 is 0. The Morgan fingerprint density at radius 3 is 2.18 bits per heavy atom. The number of rotatable bonds is 7. The molecule has 3 fully saturated rings. The Kier molecular flexibility index (Phi) is 5.38. The second-order valence-corrected chi connectivity index (χ2v) is 14.1. The van der Waals surface area contributed by atoms with Crippen LogP contribution in [0.25, 0.3) is 0 Å². The largest absolute Gasteiger partial charge is 0.436 e. The van der Waals surface area contributed by atoms with Crippen molar-refractivity contribution in [3.8, 4) is 11.6 Å². The number of aryl methyl sites for hydroxylation is 3. The molecule has 0 atom stereocenters. The molecule has 34 heavy (non-hydrogen) atoms. The summed E-state index contributed by atoms with van der Waals surface area (Å²) in [5.41, 5.74) is 3.22. The molecule has 1 spiro atoms. The Balaban J connectivity index is 1.35. The minimum absolute atomic E-state index is 0.0293. The maximum Gasteiger partial charge on any atom is 0.245 e. The molecular formula is C23H30N4O5S2. The lowest BCUT2D eigenvalue weighted by Gasteiger charge is -2.59. The molecule has 9 nitrogen and oxygen atoms in total. The zero-order valence-corrected chi connectivity index (χ0v) is 21.5. The molecule has 5 rings (SSSR count). The van der Waals surface area contributed by atoms with Gasteiger partial charge in [-0.3, -0.25) is 4.72 Å². The van der Waals surface area contributed by atoms with Crippen molar-refractivity contribution < 1.29 is 21.6 Å². The first-order valence-corrected chi connectivity index (χ1v) is 14.7. The number of nitrogens with zero attached hydrogens (tertiary/aromatic N) is 3. The number of nitrogens with one attached hydrogen (secondary N) is 1. The van der Waals surface area contributed by atoms with Gasteiger partial charge in [-0.2, -0.15) is 4.98 Å². The van der Waals surface area contributed by atoms with Gasteiger partial charge in [0.1, 0.15) is 17.3 Å². The van der Waals surface area contributed by atoms with Crippen molar-refractivity contribution in [3.63, 3.8) is 0 Å². The fourth-order valence-corrected chi connectivity index (χ4v) is 7.59. The highest BCUT2D eigenvalue weighted by atomic mass is 32.2. The van der Waals surface area contributed by atoms with Gasteiger partial charge in [-0.1, -0.05) is 17.7 Å². The zero-order valence-electron chi connectivity index (χ0n) is 19.8. The Morgan fingerprint density at radius 2 is 1.62 bits per heavy atom. The van der Waals surface area contributed by atoms with Gasteiger partial charge in [0.15, 0.2) is 0 Å². The van der Waals surface area contributed by atoms with Crippen LogP contribution in [0.15, 0.2) is 24.3 Å². The number of benzene rings is 1. The topological polar surface area (TPSA) is 109 Å². The van der Waals surface area contributed by atoms with Crippen molar-refractivity contribution in [1.82, 2.24) is 9.29 Å². The van der Waals surface area contributed by atoms with E-state index < -0.39 is 20.0 Å². The second kappa shape index (κ2) is 7.82. The number of hydrogen-bond acceptors (Lipinski definition) is 7. The third kappa shape index (κ3) is 4.36. The molecule has 184 valence electrons. The second-order valence-electron chi connectivity index (χ2n) is 10.1. The van der Waals surface area contributed by atoms with Gasteiger partial charge in [0.05, 0.1) is 11.5 Å². The van der Waals surface area contributed by atoms with Crippen LogP contribution in [-0.2, 0) is 20.0 Å².